The van der Waals surface area contributed by atoms with Crippen molar-refractivity contribution in [1.29, 1.82) is 0 Å². The summed E-state index contributed by atoms with van der Waals surface area (Å²) >= 11 is 0. The van der Waals surface area contributed by atoms with E-state index in [1.807, 2.05) is 31.2 Å². The van der Waals surface area contributed by atoms with Gasteiger partial charge in [0.25, 0.3) is 0 Å². The highest BCUT2D eigenvalue weighted by molar-refractivity contribution is 5.72. The highest BCUT2D eigenvalue weighted by Gasteiger charge is 2.35. The van der Waals surface area contributed by atoms with Crippen molar-refractivity contribution in [2.45, 2.75) is 18.9 Å². The third-order valence-corrected chi connectivity index (χ3v) is 2.55. The maximum atomic E-state index is 11.0. The number of carbonyl (C=O) groups excluding carboxylic acids is 1. The zero-order chi connectivity index (χ0) is 10.7. The van der Waals surface area contributed by atoms with Crippen molar-refractivity contribution in [1.82, 2.24) is 5.32 Å². The van der Waals surface area contributed by atoms with E-state index in [1.165, 1.54) is 0 Å². The minimum atomic E-state index is -0.385. The Morgan fingerprint density at radius 3 is 3.07 bits per heavy atom. The minimum Gasteiger partial charge on any atom is -0.465 e. The molecule has 0 aromatic carbocycles. The SMILES string of the molecule is CCC1(C=Cc2ccco2)COC(=O)N1. The molecule has 1 aliphatic heterocycles. The van der Waals surface area contributed by atoms with E-state index < -0.39 is 0 Å². The molecule has 4 heteroatoms. The first-order chi connectivity index (χ1) is 7.24. The second-order valence-electron chi connectivity index (χ2n) is 3.56. The first-order valence-corrected chi connectivity index (χ1v) is 4.92. The Bertz CT molecular complexity index is 369. The van der Waals surface area contributed by atoms with Gasteiger partial charge in [-0.2, -0.15) is 0 Å². The monoisotopic (exact) mass is 207 g/mol. The highest BCUT2D eigenvalue weighted by atomic mass is 16.6. The lowest BCUT2D eigenvalue weighted by Gasteiger charge is -2.19. The van der Waals surface area contributed by atoms with Crippen molar-refractivity contribution >= 4 is 12.2 Å². The maximum Gasteiger partial charge on any atom is 0.408 e. The van der Waals surface area contributed by atoms with E-state index in [0.29, 0.717) is 6.61 Å². The molecule has 2 heterocycles. The topological polar surface area (TPSA) is 51.5 Å². The Balaban J connectivity index is 2.12. The first kappa shape index (κ1) is 9.83. The summed E-state index contributed by atoms with van der Waals surface area (Å²) in [5.41, 5.74) is -0.385. The van der Waals surface area contributed by atoms with Gasteiger partial charge in [-0.25, -0.2) is 4.79 Å². The van der Waals surface area contributed by atoms with Gasteiger partial charge in [-0.05, 0) is 24.6 Å². The molecule has 0 spiro atoms. The van der Waals surface area contributed by atoms with Gasteiger partial charge in [-0.1, -0.05) is 13.0 Å². The van der Waals surface area contributed by atoms with E-state index in [1.54, 1.807) is 6.26 Å². The zero-order valence-electron chi connectivity index (χ0n) is 8.53. The summed E-state index contributed by atoms with van der Waals surface area (Å²) in [5.74, 6) is 0.768. The number of amides is 1. The van der Waals surface area contributed by atoms with Crippen molar-refractivity contribution in [2.24, 2.45) is 0 Å². The summed E-state index contributed by atoms with van der Waals surface area (Å²) in [4.78, 5) is 11.0. The van der Waals surface area contributed by atoms with Gasteiger partial charge in [0.05, 0.1) is 11.8 Å². The summed E-state index contributed by atoms with van der Waals surface area (Å²) in [6.07, 6.45) is 5.80. The molecule has 0 bridgehead atoms. The zero-order valence-corrected chi connectivity index (χ0v) is 8.53. The molecule has 1 amide bonds. The van der Waals surface area contributed by atoms with Crippen LogP contribution in [0.1, 0.15) is 19.1 Å². The smallest absolute Gasteiger partial charge is 0.408 e. The predicted octanol–water partition coefficient (Wildman–Crippen LogP) is 2.18. The van der Waals surface area contributed by atoms with Crippen LogP contribution in [0.15, 0.2) is 28.9 Å². The summed E-state index contributed by atoms with van der Waals surface area (Å²) < 4.78 is 10.1. The lowest BCUT2D eigenvalue weighted by atomic mass is 9.97. The largest absolute Gasteiger partial charge is 0.465 e. The molecule has 1 aromatic rings. The van der Waals surface area contributed by atoms with Crippen molar-refractivity contribution in [2.75, 3.05) is 6.61 Å². The molecule has 2 rings (SSSR count). The number of hydrogen-bond donors (Lipinski definition) is 1. The summed E-state index contributed by atoms with van der Waals surface area (Å²) in [6, 6.07) is 3.68. The van der Waals surface area contributed by atoms with Gasteiger partial charge < -0.3 is 14.5 Å². The fourth-order valence-corrected chi connectivity index (χ4v) is 1.50. The molecular weight excluding hydrogens is 194 g/mol. The van der Waals surface area contributed by atoms with Gasteiger partial charge in [0, 0.05) is 0 Å². The van der Waals surface area contributed by atoms with Crippen molar-refractivity contribution in [3.63, 3.8) is 0 Å². The van der Waals surface area contributed by atoms with E-state index >= 15 is 0 Å². The van der Waals surface area contributed by atoms with Crippen LogP contribution >= 0.6 is 0 Å². The van der Waals surface area contributed by atoms with Crippen molar-refractivity contribution in [3.05, 3.63) is 30.2 Å². The normalized spacial score (nSPS) is 25.5. The van der Waals surface area contributed by atoms with Crippen LogP contribution in [-0.4, -0.2) is 18.2 Å². The molecule has 1 saturated heterocycles. The molecule has 1 fully saturated rings. The Morgan fingerprint density at radius 1 is 1.67 bits per heavy atom. The standard InChI is InChI=1S/C11H13NO3/c1-2-11(8-15-10(13)12-11)6-5-9-4-3-7-14-9/h3-7H,2,8H2,1H3,(H,12,13). The predicted molar refractivity (Wildman–Crippen MR) is 55.2 cm³/mol. The lowest BCUT2D eigenvalue weighted by molar-refractivity contribution is 0.174. The van der Waals surface area contributed by atoms with Crippen LogP contribution in [-0.2, 0) is 4.74 Å². The van der Waals surface area contributed by atoms with Gasteiger partial charge >= 0.3 is 6.09 Å². The second kappa shape index (κ2) is 3.81. The van der Waals surface area contributed by atoms with Crippen LogP contribution in [0, 0.1) is 0 Å². The summed E-state index contributed by atoms with van der Waals surface area (Å²) in [7, 11) is 0. The molecular formula is C11H13NO3. The Kier molecular flexibility index (Phi) is 2.49. The lowest BCUT2D eigenvalue weighted by Crippen LogP contribution is -2.40. The molecule has 15 heavy (non-hydrogen) atoms. The fourth-order valence-electron chi connectivity index (χ4n) is 1.50. The number of hydrogen-bond acceptors (Lipinski definition) is 3. The average molecular weight is 207 g/mol. The number of rotatable bonds is 3. The number of ether oxygens (including phenoxy) is 1. The van der Waals surface area contributed by atoms with E-state index in [4.69, 9.17) is 9.15 Å². The molecule has 0 saturated carbocycles. The Morgan fingerprint density at radius 2 is 2.53 bits per heavy atom. The Hall–Kier alpha value is -1.71. The van der Waals surface area contributed by atoms with Crippen LogP contribution in [0.4, 0.5) is 4.79 Å². The summed E-state index contributed by atoms with van der Waals surface area (Å²) in [5, 5.41) is 2.79. The number of cyclic esters (lactones) is 1. The van der Waals surface area contributed by atoms with Gasteiger partial charge in [-0.15, -0.1) is 0 Å². The van der Waals surface area contributed by atoms with E-state index in [9.17, 15) is 4.79 Å². The van der Waals surface area contributed by atoms with Crippen LogP contribution in [0.2, 0.25) is 0 Å². The second-order valence-corrected chi connectivity index (χ2v) is 3.56. The van der Waals surface area contributed by atoms with E-state index in [-0.39, 0.29) is 11.6 Å². The molecule has 0 radical (unpaired) electrons. The maximum absolute atomic E-state index is 11.0. The van der Waals surface area contributed by atoms with Crippen LogP contribution in [0.3, 0.4) is 0 Å². The third-order valence-electron chi connectivity index (χ3n) is 2.55. The van der Waals surface area contributed by atoms with Gasteiger partial charge in [0.2, 0.25) is 0 Å². The number of carbonyl (C=O) groups is 1. The number of alkyl carbamates (subject to hydrolysis) is 1. The molecule has 4 nitrogen and oxygen atoms in total. The minimum absolute atomic E-state index is 0.360. The van der Waals surface area contributed by atoms with Crippen molar-refractivity contribution < 1.29 is 13.9 Å². The van der Waals surface area contributed by atoms with Gasteiger partial charge in [-0.3, -0.25) is 0 Å². The molecule has 80 valence electrons. The van der Waals surface area contributed by atoms with Crippen LogP contribution in [0.5, 0.6) is 0 Å². The third kappa shape index (κ3) is 2.03. The molecule has 1 N–H and O–H groups in total. The van der Waals surface area contributed by atoms with E-state index in [2.05, 4.69) is 5.32 Å². The molecule has 1 atom stereocenters. The number of nitrogens with one attached hydrogen (secondary N) is 1. The molecule has 1 aliphatic rings. The van der Waals surface area contributed by atoms with Crippen LogP contribution < -0.4 is 5.32 Å². The van der Waals surface area contributed by atoms with E-state index in [0.717, 1.165) is 12.2 Å². The average Bonchev–Trinajstić information content (AvgIpc) is 2.85. The van der Waals surface area contributed by atoms with Gasteiger partial charge in [0.15, 0.2) is 0 Å². The molecule has 0 aliphatic carbocycles. The Labute approximate surface area is 87.9 Å². The van der Waals surface area contributed by atoms with Crippen LogP contribution in [0.25, 0.3) is 6.08 Å². The van der Waals surface area contributed by atoms with Crippen molar-refractivity contribution in [3.8, 4) is 0 Å². The highest BCUT2D eigenvalue weighted by Crippen LogP contribution is 2.20. The number of furan rings is 1. The quantitative estimate of drug-likeness (QED) is 0.826. The van der Waals surface area contributed by atoms with Gasteiger partial charge in [0.1, 0.15) is 12.4 Å². The summed E-state index contributed by atoms with van der Waals surface area (Å²) in [6.45, 7) is 2.38. The molecule has 1 aromatic heterocycles. The first-order valence-electron chi connectivity index (χ1n) is 4.92. The fraction of sp³-hybridized carbons (Fsp3) is 0.364. The molecule has 1 unspecified atom stereocenters.